The molecule has 0 bridgehead atoms. The molecule has 622 valence electrons. The number of ether oxygens (including phenoxy) is 2. The second kappa shape index (κ2) is 92.5. The summed E-state index contributed by atoms with van der Waals surface area (Å²) in [6.07, 6.45) is 19.9. The number of carboxylic acid groups (broad SMARTS) is 6. The Hall–Kier alpha value is -3.90. The number of amides is 6. The Bertz CT molecular complexity index is 2330. The first-order valence-electron chi connectivity index (χ1n) is 32.9. The normalized spacial score (nSPS) is 9.54. The zero-order valence-electron chi connectivity index (χ0n) is 63.5. The molecule has 0 fully saturated rings. The predicted octanol–water partition coefficient (Wildman–Crippen LogP) is 24.4. The van der Waals surface area contributed by atoms with Crippen molar-refractivity contribution >= 4 is 93.1 Å². The van der Waals surface area contributed by atoms with Gasteiger partial charge in [0.2, 0.25) is 0 Å². The van der Waals surface area contributed by atoms with Crippen molar-refractivity contribution in [3.63, 3.8) is 0 Å². The number of nitrogens with one attached hydrogen (secondary N) is 6. The summed E-state index contributed by atoms with van der Waals surface area (Å²) in [5, 5.41) is 64.0. The second-order valence-electron chi connectivity index (χ2n) is 23.7. The number of hydrogen-bond donors (Lipinski definition) is 12. The fourth-order valence-electron chi connectivity index (χ4n) is 8.20. The van der Waals surface area contributed by atoms with Gasteiger partial charge in [0.15, 0.2) is 0 Å². The molecule has 0 aromatic heterocycles. The molecule has 105 heavy (non-hydrogen) atoms. The maximum atomic E-state index is 10.3. The maximum Gasteiger partial charge on any atom is -0.693 e. The number of benzene rings is 4. The first-order valence-corrected chi connectivity index (χ1v) is 49.7. The smallest absolute Gasteiger partial charge is 0.693 e. The summed E-state index contributed by atoms with van der Waals surface area (Å²) in [6.45, 7) is 21.8. The summed E-state index contributed by atoms with van der Waals surface area (Å²) < 4.78 is 10.5. The molecule has 0 aliphatic rings. The van der Waals surface area contributed by atoms with E-state index in [0.29, 0.717) is 65.7 Å². The zero-order valence-corrected chi connectivity index (χ0v) is 74.9. The van der Waals surface area contributed by atoms with Crippen LogP contribution < -0.4 is 31.9 Å². The Labute approximate surface area is 681 Å². The van der Waals surface area contributed by atoms with Crippen LogP contribution >= 0.6 is 56.5 Å². The quantitative estimate of drug-likeness (QED) is 0.0149. The summed E-state index contributed by atoms with van der Waals surface area (Å²) in [7, 11) is 29.2. The van der Waals surface area contributed by atoms with Gasteiger partial charge in [0.05, 0.1) is 26.4 Å². The monoisotopic (exact) mass is 2150 g/mol. The molecule has 0 heterocycles. The molecule has 0 unspecified atom stereocenters. The van der Waals surface area contributed by atoms with Gasteiger partial charge in [-0.2, -0.15) is 0 Å². The Morgan fingerprint density at radius 2 is 0.533 bits per heavy atom. The van der Waals surface area contributed by atoms with Crippen molar-refractivity contribution in [1.82, 2.24) is 31.9 Å². The summed E-state index contributed by atoms with van der Waals surface area (Å²) >= 11 is -1.42. The molecule has 0 aliphatic heterocycles. The van der Waals surface area contributed by atoms with Gasteiger partial charge in [-0.1, -0.05) is 280 Å². The third-order valence-electron chi connectivity index (χ3n) is 13.4. The van der Waals surface area contributed by atoms with Crippen molar-refractivity contribution in [3.05, 3.63) is 183 Å². The van der Waals surface area contributed by atoms with Crippen LogP contribution in [0.25, 0.3) is 18.5 Å². The predicted molar refractivity (Wildman–Crippen MR) is 430 cm³/mol. The van der Waals surface area contributed by atoms with Crippen LogP contribution in [0.4, 0.5) is 28.8 Å². The van der Waals surface area contributed by atoms with Crippen molar-refractivity contribution in [2.75, 3.05) is 39.4 Å². The maximum absolute atomic E-state index is 10.3. The largest absolute Gasteiger partial charge is 0.693 e. The van der Waals surface area contributed by atoms with Crippen molar-refractivity contribution in [1.29, 1.82) is 0 Å². The van der Waals surface area contributed by atoms with Gasteiger partial charge in [-0.05, 0) is 57.1 Å². The molecule has 0 atom stereocenters. The van der Waals surface area contributed by atoms with Crippen LogP contribution in [-0.4, -0.2) is 107 Å². The minimum atomic E-state index is -1.02. The van der Waals surface area contributed by atoms with Gasteiger partial charge in [0.1, 0.15) is 0 Å². The van der Waals surface area contributed by atoms with E-state index in [-0.39, 0.29) is 51.6 Å². The van der Waals surface area contributed by atoms with Crippen LogP contribution in [-0.2, 0) is 96.0 Å². The van der Waals surface area contributed by atoms with E-state index < -0.39 is 86.0 Å². The van der Waals surface area contributed by atoms with Crippen LogP contribution in [0.15, 0.2) is 109 Å². The van der Waals surface area contributed by atoms with Gasteiger partial charge in [0.25, 0.3) is 0 Å². The molecule has 0 spiro atoms. The molecule has 4 aromatic carbocycles. The molecular formula is C73H129Cl6N9O14Pt3. The minimum absolute atomic E-state index is 0. The average Bonchev–Trinajstić information content (AvgIpc) is 0.867. The Morgan fingerprint density at radius 3 is 0.743 bits per heavy atom. The topological polar surface area (TPSA) is 415 Å². The zero-order chi connectivity index (χ0) is 75.6. The van der Waals surface area contributed by atoms with Crippen LogP contribution in [0, 0.1) is 22.3 Å². The third kappa shape index (κ3) is 104. The average molecular weight is 2150 g/mol. The number of nitrogens with two attached hydrogens (primary N) is 3. The summed E-state index contributed by atoms with van der Waals surface area (Å²) in [6, 6.07) is 35.5. The molecule has 0 aliphatic carbocycles. The van der Waals surface area contributed by atoms with Gasteiger partial charge in [-0.15, -0.1) is 0 Å². The van der Waals surface area contributed by atoms with Crippen molar-refractivity contribution in [2.24, 2.45) is 0 Å². The second-order valence-corrected chi connectivity index (χ2v) is 33.6. The van der Waals surface area contributed by atoms with Crippen molar-refractivity contribution in [2.45, 2.75) is 221 Å². The van der Waals surface area contributed by atoms with Gasteiger partial charge in [0, 0.05) is 39.3 Å². The summed E-state index contributed by atoms with van der Waals surface area (Å²) in [5.74, 6) is 0. The molecule has 0 saturated carbocycles. The molecule has 23 nitrogen and oxygen atoms in total. The van der Waals surface area contributed by atoms with E-state index in [1.807, 2.05) is 109 Å². The SMILES string of the molecule is CC(C)(C)c1ccc(CNC(=O)O)cc1.CC(C)(C)c1ccc(CNC(=O)O)cc1.CCCCCCCCCCCCNC(=O)O.CCCCCCCCCCCCNC(=O)O.O=C(O)NCCOCc1ccccc1.O=C(O)NCCOCc1ccccc1.[CH3-].[CH3-].[CH3-].[Cl][Pt+2][Cl].[Cl][Pt+2][Cl].[Cl][Pt+2][Cl].[NH2-].[NH2-].[NH2-]. The summed E-state index contributed by atoms with van der Waals surface area (Å²) in [5.41, 5.74) is 6.90. The number of halogens is 6. The number of carbonyl (C=O) groups is 6. The number of unbranched alkanes of at least 4 members (excludes halogenated alkanes) is 18. The van der Waals surface area contributed by atoms with Crippen molar-refractivity contribution in [3.8, 4) is 0 Å². The van der Waals surface area contributed by atoms with E-state index in [0.717, 1.165) is 47.9 Å². The first kappa shape index (κ1) is 125. The van der Waals surface area contributed by atoms with E-state index in [1.54, 1.807) is 0 Å². The van der Waals surface area contributed by atoms with E-state index in [1.165, 1.54) is 114 Å². The van der Waals surface area contributed by atoms with Crippen LogP contribution in [0.5, 0.6) is 0 Å². The standard InChI is InChI=1S/2C13H27NO2.2C12H17NO2.2C10H13NO3.3CH3.6ClH.3H2N.3Pt/c2*1-2-3-4-5-6-7-8-9-10-11-12-14-13(15)16;2*1-12(2,3)10-6-4-9(5-7-10)8-13-11(14)15;2*12-10(13)11-6-7-14-8-9-4-2-1-3-5-9;;;;;;;;;;;;;;;/h2*14H,2-12H2,1H3,(H,15,16);2*4-7,13H,8H2,1-3H3,(H,14,15);2*1-5,11H,6-8H2,(H,12,13);3*1H3;6*1H;3*1H2;;;/q;;;;;;3*-1;;;;;;;3*-1;3*+4/p-6. The molecule has 6 amide bonds. The van der Waals surface area contributed by atoms with E-state index in [4.69, 9.17) is 96.6 Å². The van der Waals surface area contributed by atoms with Crippen LogP contribution in [0.1, 0.15) is 217 Å². The van der Waals surface area contributed by atoms with Crippen molar-refractivity contribution < 1.29 is 118 Å². The Kier molecular flexibility index (Phi) is 110. The molecule has 32 heteroatoms. The number of hydrogen-bond acceptors (Lipinski definition) is 8. The number of rotatable bonds is 36. The minimum Gasteiger partial charge on any atom is -0.693 e. The fraction of sp³-hybridized carbons (Fsp3) is 0.548. The Balaban J connectivity index is -0.000000108. The van der Waals surface area contributed by atoms with Gasteiger partial charge in [-0.3, -0.25) is 0 Å². The molecule has 4 rings (SSSR count). The van der Waals surface area contributed by atoms with Gasteiger partial charge < -0.3 is 113 Å². The summed E-state index contributed by atoms with van der Waals surface area (Å²) in [4.78, 5) is 61.0. The third-order valence-corrected chi connectivity index (χ3v) is 13.4. The molecule has 4 aromatic rings. The molecule has 0 saturated heterocycles. The van der Waals surface area contributed by atoms with E-state index >= 15 is 0 Å². The molecule has 18 N–H and O–H groups in total. The fourth-order valence-corrected chi connectivity index (χ4v) is 8.20. The first-order chi connectivity index (χ1) is 47.1. The van der Waals surface area contributed by atoms with Crippen LogP contribution in [0.2, 0.25) is 0 Å². The van der Waals surface area contributed by atoms with E-state index in [2.05, 4.69) is 87.3 Å². The molecular weight excluding hydrogens is 2020 g/mol. The van der Waals surface area contributed by atoms with E-state index in [9.17, 15) is 28.8 Å². The Morgan fingerprint density at radius 1 is 0.324 bits per heavy atom. The van der Waals surface area contributed by atoms with Crippen LogP contribution in [0.3, 0.4) is 0 Å². The molecule has 0 radical (unpaired) electrons. The van der Waals surface area contributed by atoms with Gasteiger partial charge in [-0.25, -0.2) is 28.8 Å². The van der Waals surface area contributed by atoms with Gasteiger partial charge >= 0.3 is 143 Å².